The zero-order chi connectivity index (χ0) is 17.8. The van der Waals surface area contributed by atoms with Gasteiger partial charge in [-0.3, -0.25) is 4.79 Å². The molecule has 1 unspecified atom stereocenters. The van der Waals surface area contributed by atoms with Crippen LogP contribution in [0.4, 0.5) is 4.39 Å². The predicted molar refractivity (Wildman–Crippen MR) is 96.2 cm³/mol. The maximum atomic E-state index is 13.1. The van der Waals surface area contributed by atoms with Crippen molar-refractivity contribution < 1.29 is 13.6 Å². The number of carbonyl (C=O) groups excluding carboxylic acids is 1. The molecule has 1 N–H and O–H groups in total. The highest BCUT2D eigenvalue weighted by molar-refractivity contribution is 5.98. The number of hydrogen-bond acceptors (Lipinski definition) is 4. The minimum absolute atomic E-state index is 0.0454. The largest absolute Gasteiger partial charge is 0.453 e. The van der Waals surface area contributed by atoms with Gasteiger partial charge in [-0.25, -0.2) is 4.39 Å². The molecule has 0 bridgehead atoms. The number of nitrogens with one attached hydrogen (secondary N) is 1. The lowest BCUT2D eigenvalue weighted by atomic mass is 10.1. The number of ketones is 1. The summed E-state index contributed by atoms with van der Waals surface area (Å²) in [5.41, 5.74) is 1.71. The molecule has 0 saturated carbocycles. The van der Waals surface area contributed by atoms with E-state index in [4.69, 9.17) is 4.42 Å². The maximum Gasteiger partial charge on any atom is 0.211 e. The van der Waals surface area contributed by atoms with Crippen molar-refractivity contribution in [3.8, 4) is 0 Å². The number of carbonyl (C=O) groups is 1. The summed E-state index contributed by atoms with van der Waals surface area (Å²) in [7, 11) is 3.91. The van der Waals surface area contributed by atoms with Crippen LogP contribution in [-0.2, 0) is 0 Å². The molecule has 0 amide bonds. The van der Waals surface area contributed by atoms with Crippen LogP contribution >= 0.6 is 0 Å². The summed E-state index contributed by atoms with van der Waals surface area (Å²) in [6.07, 6.45) is 0. The number of benzene rings is 2. The first-order chi connectivity index (χ1) is 12.0. The Bertz CT molecular complexity index is 823. The minimum atomic E-state index is -0.255. The number of hydrogen-bond donors (Lipinski definition) is 1. The average Bonchev–Trinajstić information content (AvgIpc) is 3.03. The van der Waals surface area contributed by atoms with Gasteiger partial charge in [0, 0.05) is 18.0 Å². The van der Waals surface area contributed by atoms with Crippen LogP contribution in [0.25, 0.3) is 11.0 Å². The second kappa shape index (κ2) is 7.59. The number of furan rings is 1. The van der Waals surface area contributed by atoms with E-state index in [1.807, 2.05) is 43.3 Å². The van der Waals surface area contributed by atoms with Crippen LogP contribution in [0, 0.1) is 5.82 Å². The highest BCUT2D eigenvalue weighted by atomic mass is 19.1. The molecule has 2 aromatic carbocycles. The molecule has 3 aromatic rings. The van der Waals surface area contributed by atoms with E-state index in [1.165, 1.54) is 12.1 Å². The predicted octanol–water partition coefficient (Wildman–Crippen LogP) is 3.65. The fraction of sp³-hybridized carbons (Fsp3) is 0.250. The highest BCUT2D eigenvalue weighted by Crippen LogP contribution is 2.20. The minimum Gasteiger partial charge on any atom is -0.453 e. The van der Waals surface area contributed by atoms with Gasteiger partial charge in [-0.05, 0) is 43.9 Å². The Morgan fingerprint density at radius 1 is 1.16 bits per heavy atom. The molecular weight excluding hydrogens is 319 g/mol. The van der Waals surface area contributed by atoms with Crippen molar-refractivity contribution in [3.63, 3.8) is 0 Å². The molecule has 25 heavy (non-hydrogen) atoms. The van der Waals surface area contributed by atoms with Crippen molar-refractivity contribution in [2.75, 3.05) is 27.2 Å². The van der Waals surface area contributed by atoms with E-state index in [0.29, 0.717) is 17.9 Å². The van der Waals surface area contributed by atoms with E-state index in [0.717, 1.165) is 10.9 Å². The Morgan fingerprint density at radius 2 is 1.88 bits per heavy atom. The van der Waals surface area contributed by atoms with Crippen molar-refractivity contribution in [2.24, 2.45) is 0 Å². The summed E-state index contributed by atoms with van der Waals surface area (Å²) in [5.74, 6) is 0.0129. The smallest absolute Gasteiger partial charge is 0.211 e. The molecule has 0 aliphatic carbocycles. The van der Waals surface area contributed by atoms with Gasteiger partial charge in [-0.2, -0.15) is 0 Å². The van der Waals surface area contributed by atoms with Crippen molar-refractivity contribution in [1.82, 2.24) is 10.2 Å². The zero-order valence-corrected chi connectivity index (χ0v) is 14.3. The van der Waals surface area contributed by atoms with Gasteiger partial charge >= 0.3 is 0 Å². The van der Waals surface area contributed by atoms with E-state index in [-0.39, 0.29) is 24.2 Å². The Hall–Kier alpha value is -2.50. The molecule has 130 valence electrons. The third-order valence-corrected chi connectivity index (χ3v) is 4.20. The van der Waals surface area contributed by atoms with Crippen LogP contribution in [0.15, 0.2) is 59.0 Å². The monoisotopic (exact) mass is 340 g/mol. The lowest BCUT2D eigenvalue weighted by Gasteiger charge is -2.25. The van der Waals surface area contributed by atoms with Crippen molar-refractivity contribution in [2.45, 2.75) is 6.04 Å². The Balaban J connectivity index is 1.61. The maximum absolute atomic E-state index is 13.1. The number of halogens is 1. The molecule has 1 atom stereocenters. The van der Waals surface area contributed by atoms with Gasteiger partial charge < -0.3 is 14.6 Å². The fourth-order valence-corrected chi connectivity index (χ4v) is 2.81. The Morgan fingerprint density at radius 3 is 2.56 bits per heavy atom. The number of fused-ring (bicyclic) bond motifs is 1. The molecule has 0 spiro atoms. The van der Waals surface area contributed by atoms with Gasteiger partial charge in [0.2, 0.25) is 5.78 Å². The third-order valence-electron chi connectivity index (χ3n) is 4.20. The number of Topliss-reactive ketones (excluding diaryl/α,β-unsaturated/α-hetero) is 1. The van der Waals surface area contributed by atoms with Crippen molar-refractivity contribution >= 4 is 16.8 Å². The summed E-state index contributed by atoms with van der Waals surface area (Å²) in [5, 5.41) is 4.10. The van der Waals surface area contributed by atoms with E-state index >= 15 is 0 Å². The van der Waals surface area contributed by atoms with Crippen molar-refractivity contribution in [1.29, 1.82) is 0 Å². The first-order valence-electron chi connectivity index (χ1n) is 8.19. The second-order valence-corrected chi connectivity index (χ2v) is 6.23. The van der Waals surface area contributed by atoms with Gasteiger partial charge in [-0.1, -0.05) is 30.3 Å². The highest BCUT2D eigenvalue weighted by Gasteiger charge is 2.16. The van der Waals surface area contributed by atoms with Crippen LogP contribution < -0.4 is 5.32 Å². The molecule has 0 aliphatic rings. The summed E-state index contributed by atoms with van der Waals surface area (Å²) < 4.78 is 18.7. The van der Waals surface area contributed by atoms with Gasteiger partial charge in [0.05, 0.1) is 6.54 Å². The van der Waals surface area contributed by atoms with Crippen LogP contribution in [0.5, 0.6) is 0 Å². The lowest BCUT2D eigenvalue weighted by molar-refractivity contribution is 0.0964. The molecule has 0 saturated heterocycles. The molecule has 0 fully saturated rings. The standard InChI is InChI=1S/C20H21FN2O2/c1-23(2)17(14-7-9-16(21)10-8-14)12-22-13-18(24)20-11-15-5-3-4-6-19(15)25-20/h3-11,17,22H,12-13H2,1-2H3. The van der Waals surface area contributed by atoms with Gasteiger partial charge in [-0.15, -0.1) is 0 Å². The van der Waals surface area contributed by atoms with Crippen LogP contribution in [0.3, 0.4) is 0 Å². The summed E-state index contributed by atoms with van der Waals surface area (Å²) in [4.78, 5) is 14.4. The van der Waals surface area contributed by atoms with E-state index in [1.54, 1.807) is 18.2 Å². The normalized spacial score (nSPS) is 12.6. The molecule has 1 heterocycles. The summed E-state index contributed by atoms with van der Waals surface area (Å²) in [6.45, 7) is 0.760. The number of rotatable bonds is 7. The SMILES string of the molecule is CN(C)C(CNCC(=O)c1cc2ccccc2o1)c1ccc(F)cc1. The van der Waals surface area contributed by atoms with Gasteiger partial charge in [0.15, 0.2) is 5.76 Å². The molecule has 5 heteroatoms. The van der Waals surface area contributed by atoms with Crippen LogP contribution in [-0.4, -0.2) is 37.9 Å². The topological polar surface area (TPSA) is 45.5 Å². The average molecular weight is 340 g/mol. The first-order valence-corrected chi connectivity index (χ1v) is 8.19. The first kappa shape index (κ1) is 17.3. The molecule has 1 aromatic heterocycles. The molecule has 0 radical (unpaired) electrons. The van der Waals surface area contributed by atoms with Gasteiger partial charge in [0.25, 0.3) is 0 Å². The molecular formula is C20H21FN2O2. The number of likely N-dealkylation sites (N-methyl/N-ethyl adjacent to an activating group) is 1. The van der Waals surface area contributed by atoms with Gasteiger partial charge in [0.1, 0.15) is 11.4 Å². The molecule has 4 nitrogen and oxygen atoms in total. The third kappa shape index (κ3) is 4.13. The Kier molecular flexibility index (Phi) is 5.26. The summed E-state index contributed by atoms with van der Waals surface area (Å²) >= 11 is 0. The number of nitrogens with zero attached hydrogens (tertiary/aromatic N) is 1. The lowest BCUT2D eigenvalue weighted by Crippen LogP contribution is -2.33. The fourth-order valence-electron chi connectivity index (χ4n) is 2.81. The Labute approximate surface area is 146 Å². The number of para-hydroxylation sites is 1. The van der Waals surface area contributed by atoms with Crippen molar-refractivity contribution in [3.05, 3.63) is 71.7 Å². The molecule has 3 rings (SSSR count). The summed E-state index contributed by atoms with van der Waals surface area (Å²) in [6, 6.07) is 15.8. The quantitative estimate of drug-likeness (QED) is 0.667. The van der Waals surface area contributed by atoms with Crippen LogP contribution in [0.1, 0.15) is 22.2 Å². The van der Waals surface area contributed by atoms with E-state index in [2.05, 4.69) is 5.32 Å². The zero-order valence-electron chi connectivity index (χ0n) is 14.3. The molecule has 0 aliphatic heterocycles. The second-order valence-electron chi connectivity index (χ2n) is 6.23. The van der Waals surface area contributed by atoms with Crippen LogP contribution in [0.2, 0.25) is 0 Å². The van der Waals surface area contributed by atoms with E-state index < -0.39 is 0 Å². The van der Waals surface area contributed by atoms with E-state index in [9.17, 15) is 9.18 Å².